The summed E-state index contributed by atoms with van der Waals surface area (Å²) in [4.78, 5) is 24.4. The molecule has 0 aliphatic heterocycles. The van der Waals surface area contributed by atoms with Gasteiger partial charge in [-0.15, -0.1) is 0 Å². The van der Waals surface area contributed by atoms with Crippen LogP contribution in [-0.2, 0) is 20.7 Å². The Hall–Kier alpha value is -3.15. The Morgan fingerprint density at radius 1 is 1.19 bits per heavy atom. The average Bonchev–Trinajstić information content (AvgIpc) is 2.97. The maximum Gasteiger partial charge on any atom is 0.311 e. The van der Waals surface area contributed by atoms with Gasteiger partial charge in [0.1, 0.15) is 11.4 Å². The topological polar surface area (TPSA) is 68.5 Å². The number of esters is 1. The van der Waals surface area contributed by atoms with Gasteiger partial charge in [0.15, 0.2) is 6.10 Å². The van der Waals surface area contributed by atoms with Gasteiger partial charge in [-0.1, -0.05) is 6.07 Å². The number of fused-ring (bicyclic) bond motifs is 1. The van der Waals surface area contributed by atoms with E-state index in [-0.39, 0.29) is 6.42 Å². The zero-order valence-electron chi connectivity index (χ0n) is 15.3. The monoisotopic (exact) mass is 369 g/mol. The molecule has 0 unspecified atom stereocenters. The van der Waals surface area contributed by atoms with Crippen LogP contribution in [-0.4, -0.2) is 18.0 Å². The van der Waals surface area contributed by atoms with Crippen LogP contribution in [0.5, 0.6) is 0 Å². The van der Waals surface area contributed by atoms with E-state index in [1.165, 1.54) is 31.4 Å². The maximum absolute atomic E-state index is 13.2. The molecule has 1 N–H and O–H groups in total. The summed E-state index contributed by atoms with van der Waals surface area (Å²) in [6.07, 6.45) is 0.512. The van der Waals surface area contributed by atoms with Crippen molar-refractivity contribution in [3.63, 3.8) is 0 Å². The Morgan fingerprint density at radius 2 is 1.93 bits per heavy atom. The molecule has 0 fully saturated rings. The van der Waals surface area contributed by atoms with E-state index in [0.29, 0.717) is 16.8 Å². The molecule has 0 aliphatic rings. The molecule has 3 aromatic rings. The van der Waals surface area contributed by atoms with E-state index < -0.39 is 23.8 Å². The molecule has 0 radical (unpaired) electrons. The molecule has 1 amide bonds. The van der Waals surface area contributed by atoms with E-state index in [4.69, 9.17) is 9.15 Å². The Balaban J connectivity index is 1.63. The van der Waals surface area contributed by atoms with Crippen LogP contribution in [0.2, 0.25) is 0 Å². The van der Waals surface area contributed by atoms with Crippen molar-refractivity contribution in [2.24, 2.45) is 0 Å². The number of furan rings is 1. The number of anilines is 1. The molecule has 2 aromatic carbocycles. The molecule has 0 saturated carbocycles. The Labute approximate surface area is 156 Å². The van der Waals surface area contributed by atoms with E-state index in [1.807, 2.05) is 26.0 Å². The van der Waals surface area contributed by atoms with Gasteiger partial charge in [-0.05, 0) is 62.2 Å². The molecular weight excluding hydrogens is 349 g/mol. The summed E-state index contributed by atoms with van der Waals surface area (Å²) in [6.45, 7) is 5.44. The SMILES string of the molecule is Cc1cc2occ(CC(=O)O[C@@H](C)C(=O)Nc3cccc(F)c3)c2cc1C. The van der Waals surface area contributed by atoms with Gasteiger partial charge in [-0.25, -0.2) is 4.39 Å². The number of halogens is 1. The van der Waals surface area contributed by atoms with Crippen LogP contribution in [0.3, 0.4) is 0 Å². The van der Waals surface area contributed by atoms with Gasteiger partial charge in [0.2, 0.25) is 0 Å². The predicted octanol–water partition coefficient (Wildman–Crippen LogP) is 4.30. The molecule has 5 nitrogen and oxygen atoms in total. The number of carbonyl (C=O) groups excluding carboxylic acids is 2. The van der Waals surface area contributed by atoms with Gasteiger partial charge in [0, 0.05) is 16.6 Å². The minimum Gasteiger partial charge on any atom is -0.464 e. The first-order valence-electron chi connectivity index (χ1n) is 8.56. The van der Waals surface area contributed by atoms with Gasteiger partial charge in [0.05, 0.1) is 12.7 Å². The highest BCUT2D eigenvalue weighted by molar-refractivity contribution is 5.95. The summed E-state index contributed by atoms with van der Waals surface area (Å²) in [5.74, 6) is -1.54. The highest BCUT2D eigenvalue weighted by atomic mass is 19.1. The lowest BCUT2D eigenvalue weighted by Crippen LogP contribution is -2.30. The van der Waals surface area contributed by atoms with Crippen molar-refractivity contribution in [2.45, 2.75) is 33.3 Å². The zero-order chi connectivity index (χ0) is 19.6. The summed E-state index contributed by atoms with van der Waals surface area (Å²) in [5, 5.41) is 3.37. The van der Waals surface area contributed by atoms with Crippen molar-refractivity contribution in [1.82, 2.24) is 0 Å². The number of amides is 1. The molecule has 1 aromatic heterocycles. The van der Waals surface area contributed by atoms with Crippen molar-refractivity contribution in [1.29, 1.82) is 0 Å². The fourth-order valence-electron chi connectivity index (χ4n) is 2.73. The van der Waals surface area contributed by atoms with Crippen LogP contribution in [0.4, 0.5) is 10.1 Å². The first-order chi connectivity index (χ1) is 12.8. The number of rotatable bonds is 5. The van der Waals surface area contributed by atoms with Gasteiger partial charge in [0.25, 0.3) is 5.91 Å². The van der Waals surface area contributed by atoms with E-state index in [0.717, 1.165) is 16.5 Å². The zero-order valence-corrected chi connectivity index (χ0v) is 15.3. The number of hydrogen-bond donors (Lipinski definition) is 1. The molecule has 0 saturated heterocycles. The Morgan fingerprint density at radius 3 is 2.67 bits per heavy atom. The molecular formula is C21H20FNO4. The Bertz CT molecular complexity index is 1010. The summed E-state index contributed by atoms with van der Waals surface area (Å²) in [6, 6.07) is 9.39. The Kier molecular flexibility index (Phi) is 5.26. The smallest absolute Gasteiger partial charge is 0.311 e. The molecule has 6 heteroatoms. The van der Waals surface area contributed by atoms with Crippen molar-refractivity contribution in [3.8, 4) is 0 Å². The molecule has 27 heavy (non-hydrogen) atoms. The third-order valence-electron chi connectivity index (χ3n) is 4.37. The fourth-order valence-corrected chi connectivity index (χ4v) is 2.73. The minimum absolute atomic E-state index is 0.00686. The molecule has 1 heterocycles. The van der Waals surface area contributed by atoms with E-state index in [9.17, 15) is 14.0 Å². The van der Waals surface area contributed by atoms with Crippen LogP contribution < -0.4 is 5.32 Å². The molecule has 3 rings (SSSR count). The fraction of sp³-hybridized carbons (Fsp3) is 0.238. The standard InChI is InChI=1S/C21H20FNO4/c1-12-7-18-15(11-26-19(18)8-13(12)2)9-20(24)27-14(3)21(25)23-17-6-4-5-16(22)10-17/h4-8,10-11,14H,9H2,1-3H3,(H,23,25)/t14-/m0/s1. The number of hydrogen-bond acceptors (Lipinski definition) is 4. The van der Waals surface area contributed by atoms with E-state index >= 15 is 0 Å². The number of ether oxygens (including phenoxy) is 1. The van der Waals surface area contributed by atoms with Crippen LogP contribution in [0.25, 0.3) is 11.0 Å². The second-order valence-electron chi connectivity index (χ2n) is 6.50. The first kappa shape index (κ1) is 18.6. The molecule has 140 valence electrons. The van der Waals surface area contributed by atoms with Gasteiger partial charge >= 0.3 is 5.97 Å². The second-order valence-corrected chi connectivity index (χ2v) is 6.50. The third kappa shape index (κ3) is 4.34. The molecule has 1 atom stereocenters. The second kappa shape index (κ2) is 7.61. The lowest BCUT2D eigenvalue weighted by atomic mass is 10.0. The van der Waals surface area contributed by atoms with Crippen LogP contribution in [0, 0.1) is 19.7 Å². The van der Waals surface area contributed by atoms with Crippen molar-refractivity contribution < 1.29 is 23.1 Å². The van der Waals surface area contributed by atoms with Gasteiger partial charge in [-0.2, -0.15) is 0 Å². The predicted molar refractivity (Wildman–Crippen MR) is 100.0 cm³/mol. The lowest BCUT2D eigenvalue weighted by Gasteiger charge is -2.13. The first-order valence-corrected chi connectivity index (χ1v) is 8.56. The number of aryl methyl sites for hydroxylation is 2. The average molecular weight is 369 g/mol. The van der Waals surface area contributed by atoms with Gasteiger partial charge < -0.3 is 14.5 Å². The van der Waals surface area contributed by atoms with Crippen LogP contribution in [0.15, 0.2) is 47.1 Å². The summed E-state index contributed by atoms with van der Waals surface area (Å²) in [7, 11) is 0. The van der Waals surface area contributed by atoms with Crippen molar-refractivity contribution in [3.05, 3.63) is 65.2 Å². The van der Waals surface area contributed by atoms with E-state index in [2.05, 4.69) is 5.32 Å². The quantitative estimate of drug-likeness (QED) is 0.681. The summed E-state index contributed by atoms with van der Waals surface area (Å²) < 4.78 is 23.9. The lowest BCUT2D eigenvalue weighted by molar-refractivity contribution is -0.152. The van der Waals surface area contributed by atoms with Crippen LogP contribution >= 0.6 is 0 Å². The third-order valence-corrected chi connectivity index (χ3v) is 4.37. The van der Waals surface area contributed by atoms with E-state index in [1.54, 1.807) is 6.07 Å². The minimum atomic E-state index is -1.01. The highest BCUT2D eigenvalue weighted by Crippen LogP contribution is 2.25. The van der Waals surface area contributed by atoms with Crippen LogP contribution in [0.1, 0.15) is 23.6 Å². The maximum atomic E-state index is 13.2. The summed E-state index contributed by atoms with van der Waals surface area (Å²) >= 11 is 0. The summed E-state index contributed by atoms with van der Waals surface area (Å²) in [5.41, 5.74) is 3.91. The number of benzene rings is 2. The largest absolute Gasteiger partial charge is 0.464 e. The number of nitrogens with one attached hydrogen (secondary N) is 1. The molecule has 0 spiro atoms. The van der Waals surface area contributed by atoms with Gasteiger partial charge in [-0.3, -0.25) is 9.59 Å². The normalized spacial score (nSPS) is 12.0. The highest BCUT2D eigenvalue weighted by Gasteiger charge is 2.20. The number of carbonyl (C=O) groups is 2. The molecule has 0 aliphatic carbocycles. The molecule has 0 bridgehead atoms. The van der Waals surface area contributed by atoms with Crippen molar-refractivity contribution in [2.75, 3.05) is 5.32 Å². The van der Waals surface area contributed by atoms with Crippen molar-refractivity contribution >= 4 is 28.5 Å².